The molecule has 1 unspecified atom stereocenters. The molecular weight excluding hydrogens is 295 g/mol. The van der Waals surface area contributed by atoms with Crippen LogP contribution in [0.4, 0.5) is 10.1 Å². The minimum Gasteiger partial charge on any atom is -0.377 e. The van der Waals surface area contributed by atoms with Crippen LogP contribution in [0.2, 0.25) is 0 Å². The Morgan fingerprint density at radius 1 is 1.28 bits per heavy atom. The van der Waals surface area contributed by atoms with E-state index in [4.69, 9.17) is 0 Å². The lowest BCUT2D eigenvalue weighted by molar-refractivity contribution is 0.619. The number of nitrogens with zero attached hydrogens (tertiary/aromatic N) is 1. The van der Waals surface area contributed by atoms with Gasteiger partial charge < -0.3 is 5.32 Å². The van der Waals surface area contributed by atoms with Crippen LogP contribution in [0.5, 0.6) is 0 Å². The summed E-state index contributed by atoms with van der Waals surface area (Å²) < 4.78 is 13.6. The summed E-state index contributed by atoms with van der Waals surface area (Å²) in [5.74, 6) is -0.247. The summed E-state index contributed by atoms with van der Waals surface area (Å²) in [5, 5.41) is 3.34. The minimum atomic E-state index is -0.247. The molecule has 1 heterocycles. The normalized spacial score (nSPS) is 12.2. The molecule has 2 rings (SSSR count). The zero-order valence-corrected chi connectivity index (χ0v) is 11.8. The molecule has 0 radical (unpaired) electrons. The van der Waals surface area contributed by atoms with Crippen LogP contribution in [0.3, 0.4) is 0 Å². The number of anilines is 1. The number of nitrogens with one attached hydrogen (secondary N) is 1. The van der Waals surface area contributed by atoms with E-state index in [-0.39, 0.29) is 11.9 Å². The Kier molecular flexibility index (Phi) is 3.97. The van der Waals surface area contributed by atoms with Crippen molar-refractivity contribution in [2.24, 2.45) is 0 Å². The van der Waals surface area contributed by atoms with Gasteiger partial charge in [-0.15, -0.1) is 0 Å². The number of aromatic nitrogens is 1. The number of hydrogen-bond acceptors (Lipinski definition) is 2. The van der Waals surface area contributed by atoms with Crippen molar-refractivity contribution in [1.29, 1.82) is 0 Å². The SMILES string of the molecule is Cc1cncc(NC(C)c2ccc(F)c(Br)c2)c1. The Labute approximate surface area is 114 Å². The fourth-order valence-electron chi connectivity index (χ4n) is 1.75. The van der Waals surface area contributed by atoms with E-state index in [9.17, 15) is 4.39 Å². The molecule has 0 aliphatic heterocycles. The summed E-state index contributed by atoms with van der Waals surface area (Å²) in [4.78, 5) is 4.13. The summed E-state index contributed by atoms with van der Waals surface area (Å²) >= 11 is 3.20. The van der Waals surface area contributed by atoms with Gasteiger partial charge in [0.2, 0.25) is 0 Å². The zero-order chi connectivity index (χ0) is 13.1. The number of pyridine rings is 1. The Bertz CT molecular complexity index is 557. The van der Waals surface area contributed by atoms with E-state index in [0.717, 1.165) is 16.8 Å². The van der Waals surface area contributed by atoms with Gasteiger partial charge in [0, 0.05) is 18.4 Å². The molecule has 1 atom stereocenters. The summed E-state index contributed by atoms with van der Waals surface area (Å²) in [6.45, 7) is 4.03. The van der Waals surface area contributed by atoms with Crippen molar-refractivity contribution in [2.75, 3.05) is 5.32 Å². The van der Waals surface area contributed by atoms with Crippen LogP contribution in [0, 0.1) is 12.7 Å². The van der Waals surface area contributed by atoms with Crippen molar-refractivity contribution in [2.45, 2.75) is 19.9 Å². The predicted octanol–water partition coefficient (Wildman–Crippen LogP) is 4.46. The molecule has 0 saturated carbocycles. The van der Waals surface area contributed by atoms with Crippen LogP contribution in [-0.4, -0.2) is 4.98 Å². The van der Waals surface area contributed by atoms with Gasteiger partial charge >= 0.3 is 0 Å². The van der Waals surface area contributed by atoms with Crippen molar-refractivity contribution in [3.05, 3.63) is 58.1 Å². The fourth-order valence-corrected chi connectivity index (χ4v) is 2.15. The Morgan fingerprint density at radius 3 is 2.72 bits per heavy atom. The lowest BCUT2D eigenvalue weighted by Gasteiger charge is -2.16. The van der Waals surface area contributed by atoms with Crippen LogP contribution >= 0.6 is 15.9 Å². The van der Waals surface area contributed by atoms with Gasteiger partial charge in [-0.2, -0.15) is 0 Å². The van der Waals surface area contributed by atoms with E-state index in [2.05, 4.69) is 26.2 Å². The second kappa shape index (κ2) is 5.48. The first kappa shape index (κ1) is 13.0. The van der Waals surface area contributed by atoms with E-state index in [1.807, 2.05) is 26.1 Å². The average Bonchev–Trinajstić information content (AvgIpc) is 2.32. The van der Waals surface area contributed by atoms with E-state index >= 15 is 0 Å². The molecule has 0 spiro atoms. The third-order valence-electron chi connectivity index (χ3n) is 2.70. The van der Waals surface area contributed by atoms with Gasteiger partial charge in [-0.1, -0.05) is 6.07 Å². The van der Waals surface area contributed by atoms with E-state index in [1.165, 1.54) is 6.07 Å². The van der Waals surface area contributed by atoms with Crippen LogP contribution in [0.25, 0.3) is 0 Å². The molecule has 1 aromatic carbocycles. The summed E-state index contributed by atoms with van der Waals surface area (Å²) in [5.41, 5.74) is 3.08. The maximum absolute atomic E-state index is 13.2. The number of rotatable bonds is 3. The van der Waals surface area contributed by atoms with Gasteiger partial charge in [-0.05, 0) is 59.1 Å². The molecule has 2 aromatic rings. The van der Waals surface area contributed by atoms with Crippen molar-refractivity contribution in [3.8, 4) is 0 Å². The molecular formula is C14H14BrFN2. The van der Waals surface area contributed by atoms with Crippen LogP contribution in [0.15, 0.2) is 41.1 Å². The predicted molar refractivity (Wildman–Crippen MR) is 75.1 cm³/mol. The van der Waals surface area contributed by atoms with E-state index < -0.39 is 0 Å². The average molecular weight is 309 g/mol. The molecule has 2 nitrogen and oxygen atoms in total. The van der Waals surface area contributed by atoms with Crippen molar-refractivity contribution < 1.29 is 4.39 Å². The highest BCUT2D eigenvalue weighted by atomic mass is 79.9. The van der Waals surface area contributed by atoms with E-state index in [1.54, 1.807) is 18.3 Å². The first-order valence-electron chi connectivity index (χ1n) is 5.69. The molecule has 0 aliphatic carbocycles. The second-order valence-corrected chi connectivity index (χ2v) is 5.14. The number of aryl methyl sites for hydroxylation is 1. The minimum absolute atomic E-state index is 0.0884. The van der Waals surface area contributed by atoms with Crippen LogP contribution in [0.1, 0.15) is 24.1 Å². The van der Waals surface area contributed by atoms with Crippen LogP contribution < -0.4 is 5.32 Å². The highest BCUT2D eigenvalue weighted by Crippen LogP contribution is 2.24. The third kappa shape index (κ3) is 3.07. The molecule has 1 N–H and O–H groups in total. The molecule has 0 amide bonds. The quantitative estimate of drug-likeness (QED) is 0.905. The van der Waals surface area contributed by atoms with Gasteiger partial charge in [0.05, 0.1) is 10.2 Å². The summed E-state index contributed by atoms with van der Waals surface area (Å²) in [7, 11) is 0. The standard InChI is InChI=1S/C14H14BrFN2/c1-9-5-12(8-17-7-9)18-10(2)11-3-4-14(16)13(15)6-11/h3-8,10,18H,1-2H3. The van der Waals surface area contributed by atoms with Crippen molar-refractivity contribution in [1.82, 2.24) is 4.98 Å². The molecule has 18 heavy (non-hydrogen) atoms. The topological polar surface area (TPSA) is 24.9 Å². The van der Waals surface area contributed by atoms with Crippen molar-refractivity contribution in [3.63, 3.8) is 0 Å². The molecule has 0 bridgehead atoms. The van der Waals surface area contributed by atoms with Gasteiger partial charge in [0.1, 0.15) is 5.82 Å². The fraction of sp³-hybridized carbons (Fsp3) is 0.214. The lowest BCUT2D eigenvalue weighted by atomic mass is 10.1. The maximum atomic E-state index is 13.2. The first-order chi connectivity index (χ1) is 8.56. The Balaban J connectivity index is 2.16. The van der Waals surface area contributed by atoms with Crippen LogP contribution in [-0.2, 0) is 0 Å². The largest absolute Gasteiger partial charge is 0.377 e. The smallest absolute Gasteiger partial charge is 0.137 e. The zero-order valence-electron chi connectivity index (χ0n) is 10.2. The maximum Gasteiger partial charge on any atom is 0.137 e. The van der Waals surface area contributed by atoms with Gasteiger partial charge in [-0.3, -0.25) is 4.98 Å². The number of benzene rings is 1. The molecule has 1 aromatic heterocycles. The van der Waals surface area contributed by atoms with Crippen molar-refractivity contribution >= 4 is 21.6 Å². The number of halogens is 2. The Hall–Kier alpha value is -1.42. The first-order valence-corrected chi connectivity index (χ1v) is 6.48. The Morgan fingerprint density at radius 2 is 2.06 bits per heavy atom. The lowest BCUT2D eigenvalue weighted by Crippen LogP contribution is -2.07. The molecule has 0 saturated heterocycles. The van der Waals surface area contributed by atoms with Gasteiger partial charge in [0.15, 0.2) is 0 Å². The third-order valence-corrected chi connectivity index (χ3v) is 3.31. The molecule has 94 valence electrons. The number of hydrogen-bond donors (Lipinski definition) is 1. The monoisotopic (exact) mass is 308 g/mol. The highest BCUT2D eigenvalue weighted by Gasteiger charge is 2.08. The van der Waals surface area contributed by atoms with Gasteiger partial charge in [-0.25, -0.2) is 4.39 Å². The molecule has 0 aliphatic rings. The molecule has 4 heteroatoms. The molecule has 0 fully saturated rings. The second-order valence-electron chi connectivity index (χ2n) is 4.29. The van der Waals surface area contributed by atoms with E-state index in [0.29, 0.717) is 4.47 Å². The summed E-state index contributed by atoms with van der Waals surface area (Å²) in [6, 6.07) is 7.15. The summed E-state index contributed by atoms with van der Waals surface area (Å²) in [6.07, 6.45) is 3.59. The highest BCUT2D eigenvalue weighted by molar-refractivity contribution is 9.10. The van der Waals surface area contributed by atoms with Gasteiger partial charge in [0.25, 0.3) is 0 Å².